The third-order valence-corrected chi connectivity index (χ3v) is 7.58. The number of aliphatic hydroxyl groups is 2. The molecule has 5 rings (SSSR count). The van der Waals surface area contributed by atoms with Gasteiger partial charge in [0.2, 0.25) is 0 Å². The molecule has 2 aromatic carbocycles. The summed E-state index contributed by atoms with van der Waals surface area (Å²) in [5.74, 6) is 0.538. The normalized spacial score (nSPS) is 30.8. The molecule has 2 heterocycles. The number of fused-ring (bicyclic) bond motifs is 1. The first-order valence-corrected chi connectivity index (χ1v) is 12.4. The molecule has 194 valence electrons. The Labute approximate surface area is 212 Å². The molecule has 1 saturated carbocycles. The third-order valence-electron chi connectivity index (χ3n) is 7.29. The van der Waals surface area contributed by atoms with Crippen molar-refractivity contribution < 1.29 is 28.1 Å². The first kappa shape index (κ1) is 25.3. The molecule has 1 aliphatic heterocycles. The zero-order chi connectivity index (χ0) is 25.9. The predicted octanol–water partition coefficient (Wildman–Crippen LogP) is 5.20. The predicted molar refractivity (Wildman–Crippen MR) is 130 cm³/mol. The highest BCUT2D eigenvalue weighted by molar-refractivity contribution is 6.35. The van der Waals surface area contributed by atoms with E-state index in [1.165, 1.54) is 12.1 Å². The van der Waals surface area contributed by atoms with Crippen molar-refractivity contribution in [3.8, 4) is 5.75 Å². The van der Waals surface area contributed by atoms with E-state index < -0.39 is 22.9 Å². The minimum Gasteiger partial charge on any atom is -0.492 e. The van der Waals surface area contributed by atoms with Gasteiger partial charge < -0.3 is 24.8 Å². The molecule has 3 aromatic rings. The lowest BCUT2D eigenvalue weighted by Gasteiger charge is -2.41. The monoisotopic (exact) mass is 523 g/mol. The van der Waals surface area contributed by atoms with Gasteiger partial charge >= 0.3 is 6.18 Å². The van der Waals surface area contributed by atoms with Gasteiger partial charge in [0.1, 0.15) is 12.4 Å². The average Bonchev–Trinajstić information content (AvgIpc) is 3.19. The second-order valence-corrected chi connectivity index (χ2v) is 11.0. The molecule has 1 saturated heterocycles. The van der Waals surface area contributed by atoms with E-state index in [0.29, 0.717) is 41.1 Å². The van der Waals surface area contributed by atoms with Crippen LogP contribution in [0.2, 0.25) is 5.02 Å². The lowest BCUT2D eigenvalue weighted by molar-refractivity contribution is -0.137. The van der Waals surface area contributed by atoms with Crippen LogP contribution in [0.5, 0.6) is 5.75 Å². The van der Waals surface area contributed by atoms with Gasteiger partial charge in [-0.05, 0) is 57.2 Å². The van der Waals surface area contributed by atoms with Gasteiger partial charge in [-0.1, -0.05) is 23.7 Å². The van der Waals surface area contributed by atoms with Crippen molar-refractivity contribution >= 4 is 22.6 Å². The second-order valence-electron chi connectivity index (χ2n) is 10.6. The van der Waals surface area contributed by atoms with Gasteiger partial charge in [0, 0.05) is 30.3 Å². The summed E-state index contributed by atoms with van der Waals surface area (Å²) in [5.41, 5.74) is -0.732. The van der Waals surface area contributed by atoms with Crippen LogP contribution in [0.25, 0.3) is 11.0 Å². The van der Waals surface area contributed by atoms with Crippen LogP contribution < -0.4 is 10.1 Å². The second kappa shape index (κ2) is 8.90. The van der Waals surface area contributed by atoms with E-state index in [0.717, 1.165) is 17.6 Å². The SMILES string of the molecule is CC1CC(O)(c2ccc(C(F)(F)F)cc2)CC(COc2cc(Cl)c3c(c2)ncn3C2CC(C)(O)C2)N1. The maximum Gasteiger partial charge on any atom is 0.416 e. The Kier molecular flexibility index (Phi) is 6.26. The number of aromatic nitrogens is 2. The summed E-state index contributed by atoms with van der Waals surface area (Å²) in [6, 6.07) is 8.10. The number of nitrogens with zero attached hydrogens (tertiary/aromatic N) is 2. The zero-order valence-electron chi connectivity index (χ0n) is 20.0. The van der Waals surface area contributed by atoms with Crippen molar-refractivity contribution in [2.75, 3.05) is 6.61 Å². The fourth-order valence-electron chi connectivity index (χ4n) is 5.64. The maximum absolute atomic E-state index is 12.9. The third kappa shape index (κ3) is 4.94. The van der Waals surface area contributed by atoms with Gasteiger partial charge in [0.05, 0.1) is 39.1 Å². The van der Waals surface area contributed by atoms with Gasteiger partial charge in [0.15, 0.2) is 0 Å². The van der Waals surface area contributed by atoms with E-state index in [1.54, 1.807) is 12.4 Å². The Morgan fingerprint density at radius 2 is 1.83 bits per heavy atom. The van der Waals surface area contributed by atoms with Crippen LogP contribution in [0.1, 0.15) is 56.7 Å². The molecule has 10 heteroatoms. The fourth-order valence-corrected chi connectivity index (χ4v) is 5.94. The van der Waals surface area contributed by atoms with E-state index >= 15 is 0 Å². The molecule has 0 bridgehead atoms. The van der Waals surface area contributed by atoms with Crippen LogP contribution in [-0.2, 0) is 11.8 Å². The number of ether oxygens (including phenoxy) is 1. The van der Waals surface area contributed by atoms with E-state index in [-0.39, 0.29) is 31.2 Å². The lowest BCUT2D eigenvalue weighted by Crippen LogP contribution is -2.53. The lowest BCUT2D eigenvalue weighted by atomic mass is 9.77. The molecule has 6 nitrogen and oxygen atoms in total. The summed E-state index contributed by atoms with van der Waals surface area (Å²) in [6.07, 6.45) is -0.753. The van der Waals surface area contributed by atoms with Crippen LogP contribution in [0.4, 0.5) is 13.2 Å². The average molecular weight is 524 g/mol. The van der Waals surface area contributed by atoms with Crippen molar-refractivity contribution in [1.82, 2.24) is 14.9 Å². The summed E-state index contributed by atoms with van der Waals surface area (Å²) in [5, 5.41) is 25.3. The largest absolute Gasteiger partial charge is 0.492 e. The van der Waals surface area contributed by atoms with Crippen LogP contribution in [0.3, 0.4) is 0 Å². The highest BCUT2D eigenvalue weighted by Crippen LogP contribution is 2.43. The van der Waals surface area contributed by atoms with Crippen molar-refractivity contribution in [2.45, 2.75) is 75.0 Å². The fraction of sp³-hybridized carbons (Fsp3) is 0.500. The minimum absolute atomic E-state index is 0.0684. The van der Waals surface area contributed by atoms with Crippen molar-refractivity contribution in [3.63, 3.8) is 0 Å². The molecule has 0 radical (unpaired) electrons. The molecule has 3 atom stereocenters. The Morgan fingerprint density at radius 3 is 2.47 bits per heavy atom. The quantitative estimate of drug-likeness (QED) is 0.428. The van der Waals surface area contributed by atoms with Crippen molar-refractivity contribution in [1.29, 1.82) is 0 Å². The molecule has 36 heavy (non-hydrogen) atoms. The van der Waals surface area contributed by atoms with E-state index in [2.05, 4.69) is 10.3 Å². The smallest absolute Gasteiger partial charge is 0.416 e. The molecule has 2 fully saturated rings. The Bertz CT molecular complexity index is 1250. The number of imidazole rings is 1. The number of alkyl halides is 3. The summed E-state index contributed by atoms with van der Waals surface area (Å²) in [4.78, 5) is 4.47. The minimum atomic E-state index is -4.42. The van der Waals surface area contributed by atoms with Crippen LogP contribution in [-0.4, -0.2) is 44.1 Å². The maximum atomic E-state index is 12.9. The number of hydrogen-bond donors (Lipinski definition) is 3. The van der Waals surface area contributed by atoms with Gasteiger partial charge in [-0.2, -0.15) is 13.2 Å². The van der Waals surface area contributed by atoms with Crippen LogP contribution in [0, 0.1) is 0 Å². The molecular formula is C26H29ClF3N3O3. The van der Waals surface area contributed by atoms with Crippen molar-refractivity contribution in [2.24, 2.45) is 0 Å². The molecule has 1 aliphatic carbocycles. The van der Waals surface area contributed by atoms with E-state index in [9.17, 15) is 23.4 Å². The summed E-state index contributed by atoms with van der Waals surface area (Å²) >= 11 is 6.58. The van der Waals surface area contributed by atoms with Crippen LogP contribution in [0.15, 0.2) is 42.7 Å². The first-order valence-electron chi connectivity index (χ1n) is 12.0. The van der Waals surface area contributed by atoms with E-state index in [4.69, 9.17) is 16.3 Å². The number of hydrogen-bond acceptors (Lipinski definition) is 5. The molecule has 1 aromatic heterocycles. The Morgan fingerprint density at radius 1 is 1.14 bits per heavy atom. The van der Waals surface area contributed by atoms with Gasteiger partial charge in [-0.15, -0.1) is 0 Å². The zero-order valence-corrected chi connectivity index (χ0v) is 20.8. The molecular weight excluding hydrogens is 495 g/mol. The molecule has 0 amide bonds. The van der Waals surface area contributed by atoms with Crippen LogP contribution >= 0.6 is 11.6 Å². The van der Waals surface area contributed by atoms with Gasteiger partial charge in [0.25, 0.3) is 0 Å². The Hall–Kier alpha value is -2.33. The van der Waals surface area contributed by atoms with Gasteiger partial charge in [-0.3, -0.25) is 0 Å². The number of benzene rings is 2. The molecule has 3 N–H and O–H groups in total. The highest BCUT2D eigenvalue weighted by Gasteiger charge is 2.41. The summed E-state index contributed by atoms with van der Waals surface area (Å²) < 4.78 is 46.9. The summed E-state index contributed by atoms with van der Waals surface area (Å²) in [7, 11) is 0. The highest BCUT2D eigenvalue weighted by atomic mass is 35.5. The number of halogens is 4. The van der Waals surface area contributed by atoms with Gasteiger partial charge in [-0.25, -0.2) is 4.98 Å². The molecule has 3 unspecified atom stereocenters. The number of piperidine rings is 1. The topological polar surface area (TPSA) is 79.5 Å². The number of nitrogens with one attached hydrogen (secondary N) is 1. The molecule has 2 aliphatic rings. The summed E-state index contributed by atoms with van der Waals surface area (Å²) in [6.45, 7) is 3.98. The van der Waals surface area contributed by atoms with Crippen molar-refractivity contribution in [3.05, 3.63) is 58.9 Å². The standard InChI is InChI=1S/C26H29ClF3N3O3/c1-15-9-25(35,16-3-5-17(6-4-16)26(28,29)30)10-18(32-15)13-36-20-7-21(27)23-22(8-20)31-14-33(23)19-11-24(2,34)12-19/h3-8,14-15,18-19,32,34-35H,9-13H2,1-2H3. The number of rotatable bonds is 5. The first-order chi connectivity index (χ1) is 16.8. The molecule has 0 spiro atoms. The Balaban J connectivity index is 1.28. The van der Waals surface area contributed by atoms with E-state index in [1.807, 2.05) is 24.5 Å².